The summed E-state index contributed by atoms with van der Waals surface area (Å²) < 4.78 is 6.25. The van der Waals surface area contributed by atoms with Crippen LogP contribution in [0.3, 0.4) is 0 Å². The van der Waals surface area contributed by atoms with E-state index in [4.69, 9.17) is 4.42 Å². The fourth-order valence-corrected chi connectivity index (χ4v) is 5.30. The molecule has 7 rings (SSSR count). The first-order valence-corrected chi connectivity index (χ1v) is 12.5. The van der Waals surface area contributed by atoms with Gasteiger partial charge in [-0.15, -0.1) is 0 Å². The zero-order valence-electron chi connectivity index (χ0n) is 19.9. The van der Waals surface area contributed by atoms with Crippen LogP contribution in [0.25, 0.3) is 50.3 Å². The van der Waals surface area contributed by atoms with Gasteiger partial charge in [0.1, 0.15) is 11.2 Å². The van der Waals surface area contributed by atoms with Crippen molar-refractivity contribution in [1.29, 1.82) is 0 Å². The number of nitrogens with one attached hydrogen (secondary N) is 1. The van der Waals surface area contributed by atoms with E-state index in [1.54, 1.807) is 0 Å². The lowest BCUT2D eigenvalue weighted by atomic mass is 9.93. The van der Waals surface area contributed by atoms with Gasteiger partial charge in [-0.3, -0.25) is 0 Å². The molecule has 0 atom stereocenters. The van der Waals surface area contributed by atoms with Crippen molar-refractivity contribution in [2.75, 3.05) is 5.32 Å². The number of benzene rings is 5. The quantitative estimate of drug-likeness (QED) is 0.281. The molecular weight excluding hydrogens is 438 g/mol. The molecule has 172 valence electrons. The van der Waals surface area contributed by atoms with E-state index in [9.17, 15) is 0 Å². The summed E-state index contributed by atoms with van der Waals surface area (Å²) in [4.78, 5) is 0. The molecular formula is C34H25NO. The maximum absolute atomic E-state index is 6.25. The first kappa shape index (κ1) is 20.8. The average molecular weight is 464 g/mol. The van der Waals surface area contributed by atoms with Gasteiger partial charge >= 0.3 is 0 Å². The standard InChI is InChI=1S/C34H25NO/c1-2-9-25-22-26(17-16-23(25)8-1)28-10-3-5-14-32(28)35-27-20-18-24(19-21-27)29-12-7-13-31-30-11-4-6-15-33(30)36-34(29)31/h2-7,9-22,35H,1,8H2. The van der Waals surface area contributed by atoms with Crippen LogP contribution in [0.2, 0.25) is 0 Å². The molecule has 1 aliphatic carbocycles. The molecule has 1 aromatic heterocycles. The molecule has 5 aromatic carbocycles. The molecule has 1 aliphatic rings. The summed E-state index contributed by atoms with van der Waals surface area (Å²) in [6, 6.07) is 38.6. The van der Waals surface area contributed by atoms with E-state index in [-0.39, 0.29) is 0 Å². The molecule has 0 amide bonds. The molecule has 0 saturated heterocycles. The Balaban J connectivity index is 1.21. The Labute approximate surface area is 210 Å². The summed E-state index contributed by atoms with van der Waals surface area (Å²) in [5.41, 5.74) is 11.5. The van der Waals surface area contributed by atoms with E-state index in [1.165, 1.54) is 22.3 Å². The number of aryl methyl sites for hydroxylation is 1. The van der Waals surface area contributed by atoms with Crippen LogP contribution in [-0.2, 0) is 6.42 Å². The van der Waals surface area contributed by atoms with Crippen molar-refractivity contribution in [3.8, 4) is 22.3 Å². The minimum absolute atomic E-state index is 0.924. The smallest absolute Gasteiger partial charge is 0.143 e. The van der Waals surface area contributed by atoms with Crippen LogP contribution in [-0.4, -0.2) is 0 Å². The minimum Gasteiger partial charge on any atom is -0.455 e. The predicted molar refractivity (Wildman–Crippen MR) is 152 cm³/mol. The van der Waals surface area contributed by atoms with Crippen molar-refractivity contribution < 1.29 is 4.42 Å². The largest absolute Gasteiger partial charge is 0.455 e. The molecule has 0 spiro atoms. The molecule has 0 fully saturated rings. The summed E-state index contributed by atoms with van der Waals surface area (Å²) in [6.45, 7) is 0. The van der Waals surface area contributed by atoms with Gasteiger partial charge in [0.05, 0.1) is 0 Å². The van der Waals surface area contributed by atoms with Crippen molar-refractivity contribution in [3.63, 3.8) is 0 Å². The van der Waals surface area contributed by atoms with Crippen molar-refractivity contribution in [1.82, 2.24) is 0 Å². The molecule has 36 heavy (non-hydrogen) atoms. The third-order valence-electron chi connectivity index (χ3n) is 7.14. The Bertz CT molecular complexity index is 1750. The molecule has 2 nitrogen and oxygen atoms in total. The molecule has 1 heterocycles. The predicted octanol–water partition coefficient (Wildman–Crippen LogP) is 9.62. The van der Waals surface area contributed by atoms with Crippen LogP contribution in [0, 0.1) is 0 Å². The molecule has 2 heteroatoms. The van der Waals surface area contributed by atoms with Crippen LogP contribution in [0.5, 0.6) is 0 Å². The van der Waals surface area contributed by atoms with E-state index in [2.05, 4.69) is 115 Å². The summed E-state index contributed by atoms with van der Waals surface area (Å²) in [7, 11) is 0. The van der Waals surface area contributed by atoms with E-state index < -0.39 is 0 Å². The highest BCUT2D eigenvalue weighted by Gasteiger charge is 2.13. The van der Waals surface area contributed by atoms with Crippen LogP contribution in [0.4, 0.5) is 11.4 Å². The highest BCUT2D eigenvalue weighted by molar-refractivity contribution is 6.09. The third-order valence-corrected chi connectivity index (χ3v) is 7.14. The van der Waals surface area contributed by atoms with Crippen LogP contribution < -0.4 is 5.32 Å². The van der Waals surface area contributed by atoms with Crippen molar-refractivity contribution in [2.24, 2.45) is 0 Å². The summed E-state index contributed by atoms with van der Waals surface area (Å²) in [5, 5.41) is 5.95. The molecule has 0 saturated carbocycles. The van der Waals surface area contributed by atoms with Gasteiger partial charge in [0.25, 0.3) is 0 Å². The van der Waals surface area contributed by atoms with Crippen molar-refractivity contribution in [2.45, 2.75) is 12.8 Å². The van der Waals surface area contributed by atoms with Crippen LogP contribution in [0.15, 0.2) is 120 Å². The normalized spacial score (nSPS) is 12.7. The maximum Gasteiger partial charge on any atom is 0.143 e. The topological polar surface area (TPSA) is 25.2 Å². The molecule has 0 aliphatic heterocycles. The van der Waals surface area contributed by atoms with Gasteiger partial charge in [-0.1, -0.05) is 91.0 Å². The highest BCUT2D eigenvalue weighted by Crippen LogP contribution is 2.37. The van der Waals surface area contributed by atoms with Gasteiger partial charge in [-0.05, 0) is 65.4 Å². The van der Waals surface area contributed by atoms with E-state index in [1.807, 2.05) is 12.1 Å². The Kier molecular flexibility index (Phi) is 4.96. The number of allylic oxidation sites excluding steroid dienone is 1. The Hall–Kier alpha value is -4.56. The number of para-hydroxylation sites is 3. The number of fused-ring (bicyclic) bond motifs is 4. The number of hydrogen-bond donors (Lipinski definition) is 1. The Morgan fingerprint density at radius 1 is 0.639 bits per heavy atom. The highest BCUT2D eigenvalue weighted by atomic mass is 16.3. The van der Waals surface area contributed by atoms with E-state index in [0.29, 0.717) is 0 Å². The van der Waals surface area contributed by atoms with E-state index >= 15 is 0 Å². The van der Waals surface area contributed by atoms with Gasteiger partial charge in [0.2, 0.25) is 0 Å². The zero-order valence-corrected chi connectivity index (χ0v) is 19.9. The van der Waals surface area contributed by atoms with Crippen LogP contribution >= 0.6 is 0 Å². The van der Waals surface area contributed by atoms with Crippen molar-refractivity contribution >= 4 is 39.4 Å². The first-order chi connectivity index (χ1) is 17.8. The van der Waals surface area contributed by atoms with Gasteiger partial charge < -0.3 is 9.73 Å². The van der Waals surface area contributed by atoms with Gasteiger partial charge in [0, 0.05) is 33.3 Å². The van der Waals surface area contributed by atoms with Crippen molar-refractivity contribution in [3.05, 3.63) is 126 Å². The lowest BCUT2D eigenvalue weighted by molar-refractivity contribution is 0.670. The SMILES string of the molecule is C1=Cc2cc(-c3ccccc3Nc3ccc(-c4cccc5c4oc4ccccc45)cc3)ccc2CC1. The summed E-state index contributed by atoms with van der Waals surface area (Å²) >= 11 is 0. The fourth-order valence-electron chi connectivity index (χ4n) is 5.30. The first-order valence-electron chi connectivity index (χ1n) is 12.5. The zero-order chi connectivity index (χ0) is 23.9. The lowest BCUT2D eigenvalue weighted by Gasteiger charge is -2.16. The second-order valence-electron chi connectivity index (χ2n) is 9.38. The van der Waals surface area contributed by atoms with Gasteiger partial charge in [-0.2, -0.15) is 0 Å². The minimum atomic E-state index is 0.924. The fraction of sp³-hybridized carbons (Fsp3) is 0.0588. The number of furan rings is 1. The molecule has 0 radical (unpaired) electrons. The Morgan fingerprint density at radius 2 is 1.42 bits per heavy atom. The molecule has 0 unspecified atom stereocenters. The molecule has 6 aromatic rings. The second kappa shape index (κ2) is 8.58. The number of rotatable bonds is 4. The maximum atomic E-state index is 6.25. The van der Waals surface area contributed by atoms with E-state index in [0.717, 1.165) is 57.3 Å². The number of anilines is 2. The third kappa shape index (κ3) is 3.59. The van der Waals surface area contributed by atoms with Gasteiger partial charge in [0.15, 0.2) is 0 Å². The lowest BCUT2D eigenvalue weighted by Crippen LogP contribution is -1.96. The average Bonchev–Trinajstić information content (AvgIpc) is 3.33. The monoisotopic (exact) mass is 463 g/mol. The van der Waals surface area contributed by atoms with Gasteiger partial charge in [-0.25, -0.2) is 0 Å². The molecule has 1 N–H and O–H groups in total. The summed E-state index contributed by atoms with van der Waals surface area (Å²) in [5.74, 6) is 0. The Morgan fingerprint density at radius 3 is 2.36 bits per heavy atom. The number of hydrogen-bond acceptors (Lipinski definition) is 2. The molecule has 0 bridgehead atoms. The van der Waals surface area contributed by atoms with Crippen LogP contribution in [0.1, 0.15) is 17.5 Å². The summed E-state index contributed by atoms with van der Waals surface area (Å²) in [6.07, 6.45) is 6.77. The second-order valence-corrected chi connectivity index (χ2v) is 9.38.